The molecule has 0 bridgehead atoms. The van der Waals surface area contributed by atoms with Gasteiger partial charge in [0.05, 0.1) is 19.4 Å². The zero-order valence-electron chi connectivity index (χ0n) is 13.6. The van der Waals surface area contributed by atoms with Gasteiger partial charge in [-0.1, -0.05) is 6.92 Å². The topological polar surface area (TPSA) is 111 Å². The van der Waals surface area contributed by atoms with Crippen molar-refractivity contribution in [3.63, 3.8) is 0 Å². The van der Waals surface area contributed by atoms with Gasteiger partial charge >= 0.3 is 5.97 Å². The molecule has 1 aromatic carbocycles. The third kappa shape index (κ3) is 6.07. The normalized spacial score (nSPS) is 12.9. The monoisotopic (exact) mass is 321 g/mol. The van der Waals surface area contributed by atoms with Gasteiger partial charge in [0.2, 0.25) is 5.91 Å². The minimum atomic E-state index is -0.383. The second-order valence-electron chi connectivity index (χ2n) is 5.30. The first kappa shape index (κ1) is 18.6. The maximum atomic E-state index is 11.9. The lowest BCUT2D eigenvalue weighted by Crippen LogP contribution is -2.34. The Hall–Kier alpha value is -2.41. The zero-order valence-corrected chi connectivity index (χ0v) is 13.6. The molecule has 4 N–H and O–H groups in total. The molecule has 0 heterocycles. The quantitative estimate of drug-likeness (QED) is 0.646. The number of ether oxygens (including phenoxy) is 1. The number of esters is 1. The first-order chi connectivity index (χ1) is 10.8. The van der Waals surface area contributed by atoms with Crippen molar-refractivity contribution in [2.24, 2.45) is 11.7 Å². The molecule has 126 valence electrons. The lowest BCUT2D eigenvalue weighted by molar-refractivity contribution is -0.140. The number of hydrogen-bond donors (Lipinski definition) is 3. The Morgan fingerprint density at radius 1 is 1.17 bits per heavy atom. The van der Waals surface area contributed by atoms with E-state index in [1.54, 1.807) is 38.1 Å². The second-order valence-corrected chi connectivity index (χ2v) is 5.30. The van der Waals surface area contributed by atoms with Crippen LogP contribution in [0.15, 0.2) is 24.3 Å². The van der Waals surface area contributed by atoms with Crippen molar-refractivity contribution in [3.05, 3.63) is 29.8 Å². The molecule has 23 heavy (non-hydrogen) atoms. The van der Waals surface area contributed by atoms with Crippen molar-refractivity contribution in [1.82, 2.24) is 5.32 Å². The SMILES string of the molecule is COC(=O)CCNC(=O)c1ccc(NC(=O)C(C)C(C)N)cc1. The standard InChI is InChI=1S/C16H23N3O4/c1-10(11(2)17)15(21)19-13-6-4-12(5-7-13)16(22)18-9-8-14(20)23-3/h4-7,10-11H,8-9,17H2,1-3H3,(H,18,22)(H,19,21). The molecular formula is C16H23N3O4. The van der Waals surface area contributed by atoms with Gasteiger partial charge in [-0.2, -0.15) is 0 Å². The van der Waals surface area contributed by atoms with E-state index in [4.69, 9.17) is 5.73 Å². The van der Waals surface area contributed by atoms with Gasteiger partial charge in [0.1, 0.15) is 0 Å². The summed E-state index contributed by atoms with van der Waals surface area (Å²) in [6.45, 7) is 3.73. The molecule has 2 unspecified atom stereocenters. The molecule has 0 fully saturated rings. The average Bonchev–Trinajstić information content (AvgIpc) is 2.54. The van der Waals surface area contributed by atoms with Crippen LogP contribution < -0.4 is 16.4 Å². The molecule has 0 radical (unpaired) electrons. The summed E-state index contributed by atoms with van der Waals surface area (Å²) in [6, 6.07) is 6.23. The van der Waals surface area contributed by atoms with Crippen LogP contribution in [0.3, 0.4) is 0 Å². The fraction of sp³-hybridized carbons (Fsp3) is 0.438. The van der Waals surface area contributed by atoms with Gasteiger partial charge in [-0.05, 0) is 31.2 Å². The van der Waals surface area contributed by atoms with Crippen LogP contribution in [0.2, 0.25) is 0 Å². The lowest BCUT2D eigenvalue weighted by Gasteiger charge is -2.15. The van der Waals surface area contributed by atoms with Gasteiger partial charge in [0.25, 0.3) is 5.91 Å². The highest BCUT2D eigenvalue weighted by Gasteiger charge is 2.17. The Bertz CT molecular complexity index is 555. The maximum Gasteiger partial charge on any atom is 0.307 e. The number of nitrogens with one attached hydrogen (secondary N) is 2. The minimum absolute atomic E-state index is 0.117. The summed E-state index contributed by atoms with van der Waals surface area (Å²) in [5.74, 6) is -1.16. The van der Waals surface area contributed by atoms with Crippen molar-refractivity contribution in [2.75, 3.05) is 19.0 Å². The number of rotatable bonds is 7. The molecule has 2 amide bonds. The van der Waals surface area contributed by atoms with E-state index in [9.17, 15) is 14.4 Å². The molecule has 2 atom stereocenters. The molecular weight excluding hydrogens is 298 g/mol. The Morgan fingerprint density at radius 3 is 2.30 bits per heavy atom. The van der Waals surface area contributed by atoms with E-state index >= 15 is 0 Å². The fourth-order valence-corrected chi connectivity index (χ4v) is 1.68. The van der Waals surface area contributed by atoms with Gasteiger partial charge in [0, 0.05) is 23.8 Å². The van der Waals surface area contributed by atoms with E-state index in [1.807, 2.05) is 0 Å². The third-order valence-corrected chi connectivity index (χ3v) is 3.46. The predicted molar refractivity (Wildman–Crippen MR) is 86.9 cm³/mol. The average molecular weight is 321 g/mol. The van der Waals surface area contributed by atoms with E-state index in [1.165, 1.54) is 7.11 Å². The van der Waals surface area contributed by atoms with Gasteiger partial charge in [-0.25, -0.2) is 0 Å². The highest BCUT2D eigenvalue weighted by molar-refractivity contribution is 5.96. The van der Waals surface area contributed by atoms with Gasteiger partial charge in [-0.15, -0.1) is 0 Å². The molecule has 7 heteroatoms. The number of nitrogens with two attached hydrogens (primary N) is 1. The summed E-state index contributed by atoms with van der Waals surface area (Å²) >= 11 is 0. The van der Waals surface area contributed by atoms with E-state index in [-0.39, 0.29) is 42.7 Å². The third-order valence-electron chi connectivity index (χ3n) is 3.46. The van der Waals surface area contributed by atoms with Crippen LogP contribution in [0.4, 0.5) is 5.69 Å². The molecule has 0 spiro atoms. The Kier molecular flexibility index (Phi) is 7.21. The van der Waals surface area contributed by atoms with E-state index in [0.29, 0.717) is 11.3 Å². The Morgan fingerprint density at radius 2 is 1.78 bits per heavy atom. The fourth-order valence-electron chi connectivity index (χ4n) is 1.68. The molecule has 0 saturated carbocycles. The van der Waals surface area contributed by atoms with Gasteiger partial charge in [-0.3, -0.25) is 14.4 Å². The zero-order chi connectivity index (χ0) is 17.4. The Labute approximate surface area is 135 Å². The summed E-state index contributed by atoms with van der Waals surface area (Å²) < 4.78 is 4.49. The molecule has 7 nitrogen and oxygen atoms in total. The van der Waals surface area contributed by atoms with Crippen LogP contribution in [0.5, 0.6) is 0 Å². The molecule has 0 aliphatic carbocycles. The minimum Gasteiger partial charge on any atom is -0.469 e. The Balaban J connectivity index is 2.54. The number of carbonyl (C=O) groups excluding carboxylic acids is 3. The van der Waals surface area contributed by atoms with Crippen LogP contribution >= 0.6 is 0 Å². The van der Waals surface area contributed by atoms with E-state index in [0.717, 1.165) is 0 Å². The van der Waals surface area contributed by atoms with Gasteiger partial charge in [0.15, 0.2) is 0 Å². The van der Waals surface area contributed by atoms with Crippen molar-refractivity contribution in [2.45, 2.75) is 26.3 Å². The van der Waals surface area contributed by atoms with Crippen molar-refractivity contribution in [3.8, 4) is 0 Å². The lowest BCUT2D eigenvalue weighted by atomic mass is 10.0. The number of anilines is 1. The van der Waals surface area contributed by atoms with Crippen molar-refractivity contribution >= 4 is 23.5 Å². The first-order valence-corrected chi connectivity index (χ1v) is 7.36. The number of carbonyl (C=O) groups is 3. The highest BCUT2D eigenvalue weighted by Crippen LogP contribution is 2.12. The molecule has 0 aliphatic rings. The molecule has 0 aliphatic heterocycles. The van der Waals surface area contributed by atoms with Crippen LogP contribution in [-0.4, -0.2) is 37.5 Å². The number of methoxy groups -OCH3 is 1. The summed E-state index contributed by atoms with van der Waals surface area (Å²) in [7, 11) is 1.30. The predicted octanol–water partition coefficient (Wildman–Crippen LogP) is 0.901. The summed E-state index contributed by atoms with van der Waals surface area (Å²) in [5, 5.41) is 5.36. The first-order valence-electron chi connectivity index (χ1n) is 7.36. The van der Waals surface area contributed by atoms with Crippen LogP contribution in [0.25, 0.3) is 0 Å². The van der Waals surface area contributed by atoms with Crippen LogP contribution in [0.1, 0.15) is 30.6 Å². The summed E-state index contributed by atoms with van der Waals surface area (Å²) in [6.07, 6.45) is 0.117. The van der Waals surface area contributed by atoms with Gasteiger partial charge < -0.3 is 21.1 Å². The van der Waals surface area contributed by atoms with Crippen molar-refractivity contribution in [1.29, 1.82) is 0 Å². The number of hydrogen-bond acceptors (Lipinski definition) is 5. The highest BCUT2D eigenvalue weighted by atomic mass is 16.5. The van der Waals surface area contributed by atoms with E-state index < -0.39 is 0 Å². The van der Waals surface area contributed by atoms with Crippen molar-refractivity contribution < 1.29 is 19.1 Å². The largest absolute Gasteiger partial charge is 0.469 e. The number of benzene rings is 1. The number of amides is 2. The van der Waals surface area contributed by atoms with E-state index in [2.05, 4.69) is 15.4 Å². The maximum absolute atomic E-state index is 11.9. The van der Waals surface area contributed by atoms with Crippen LogP contribution in [-0.2, 0) is 14.3 Å². The molecule has 0 aromatic heterocycles. The second kappa shape index (κ2) is 8.89. The smallest absolute Gasteiger partial charge is 0.307 e. The molecule has 1 rings (SSSR count). The summed E-state index contributed by atoms with van der Waals surface area (Å²) in [4.78, 5) is 34.7. The van der Waals surface area contributed by atoms with Crippen LogP contribution in [0, 0.1) is 5.92 Å². The summed E-state index contributed by atoms with van der Waals surface area (Å²) in [5.41, 5.74) is 6.71. The molecule has 0 saturated heterocycles. The molecule has 1 aromatic rings.